The Bertz CT molecular complexity index is 1010. The second kappa shape index (κ2) is 20.3. The van der Waals surface area contributed by atoms with Crippen molar-refractivity contribution in [2.75, 3.05) is 53.9 Å². The van der Waals surface area contributed by atoms with Crippen molar-refractivity contribution < 1.29 is 42.9 Å². The molecule has 2 aromatic rings. The van der Waals surface area contributed by atoms with E-state index in [2.05, 4.69) is 0 Å². The van der Waals surface area contributed by atoms with Gasteiger partial charge < -0.3 is 28.4 Å². The van der Waals surface area contributed by atoms with E-state index in [0.29, 0.717) is 44.0 Å². The van der Waals surface area contributed by atoms with Gasteiger partial charge in [-0.05, 0) is 57.2 Å². The van der Waals surface area contributed by atoms with E-state index in [1.807, 2.05) is 24.3 Å². The van der Waals surface area contributed by atoms with Crippen LogP contribution in [0.3, 0.4) is 0 Å². The Labute approximate surface area is 229 Å². The van der Waals surface area contributed by atoms with Crippen molar-refractivity contribution in [1.82, 2.24) is 0 Å². The smallest absolute Gasteiger partial charge is 0.344 e. The Morgan fingerprint density at radius 2 is 1.28 bits per heavy atom. The Balaban J connectivity index is 0.000000395. The van der Waals surface area contributed by atoms with E-state index in [4.69, 9.17) is 28.4 Å². The van der Waals surface area contributed by atoms with Crippen LogP contribution in [-0.4, -0.2) is 70.7 Å². The van der Waals surface area contributed by atoms with Crippen molar-refractivity contribution in [3.05, 3.63) is 63.7 Å². The molecule has 0 aliphatic rings. The number of methoxy groups -OCH3 is 2. The molecule has 11 heteroatoms. The second-order valence-electron chi connectivity index (χ2n) is 8.04. The number of nitro groups is 1. The fourth-order valence-corrected chi connectivity index (χ4v) is 3.36. The van der Waals surface area contributed by atoms with Gasteiger partial charge in [-0.15, -0.1) is 0 Å². The fraction of sp³-hybridized carbons (Fsp3) is 0.500. The molecule has 216 valence electrons. The molecule has 0 heterocycles. The largest absolute Gasteiger partial charge is 0.482 e. The van der Waals surface area contributed by atoms with Crippen LogP contribution in [0.4, 0.5) is 5.69 Å². The molecular formula is C28H39NO10. The maximum Gasteiger partial charge on any atom is 0.344 e. The molecule has 0 radical (unpaired) electrons. The third-order valence-electron chi connectivity index (χ3n) is 5.12. The lowest BCUT2D eigenvalue weighted by atomic mass is 10.1. The summed E-state index contributed by atoms with van der Waals surface area (Å²) in [6.45, 7) is 5.13. The first-order valence-corrected chi connectivity index (χ1v) is 12.8. The summed E-state index contributed by atoms with van der Waals surface area (Å²) in [5, 5.41) is 10.8. The maximum absolute atomic E-state index is 11.3. The van der Waals surface area contributed by atoms with Gasteiger partial charge in [0.05, 0.1) is 18.1 Å². The molecule has 0 bridgehead atoms. The third-order valence-corrected chi connectivity index (χ3v) is 5.12. The fourth-order valence-electron chi connectivity index (χ4n) is 3.36. The summed E-state index contributed by atoms with van der Waals surface area (Å²) in [4.78, 5) is 32.9. The quantitative estimate of drug-likeness (QED) is 0.122. The highest BCUT2D eigenvalue weighted by atomic mass is 16.6. The number of nitrogens with zero attached hydrogens (tertiary/aromatic N) is 1. The summed E-state index contributed by atoms with van der Waals surface area (Å²) >= 11 is 0. The lowest BCUT2D eigenvalue weighted by Crippen LogP contribution is -2.15. The van der Waals surface area contributed by atoms with Gasteiger partial charge >= 0.3 is 11.9 Å². The minimum atomic E-state index is -0.473. The molecular weight excluding hydrogens is 510 g/mol. The minimum absolute atomic E-state index is 0.00842. The predicted molar refractivity (Wildman–Crippen MR) is 144 cm³/mol. The monoisotopic (exact) mass is 549 g/mol. The van der Waals surface area contributed by atoms with Crippen molar-refractivity contribution in [1.29, 1.82) is 0 Å². The molecule has 0 atom stereocenters. The average molecular weight is 550 g/mol. The number of ether oxygens (including phenoxy) is 6. The van der Waals surface area contributed by atoms with E-state index in [9.17, 15) is 19.7 Å². The van der Waals surface area contributed by atoms with Crippen LogP contribution in [0.2, 0.25) is 0 Å². The lowest BCUT2D eigenvalue weighted by Gasteiger charge is -2.11. The SMILES string of the molecule is CCOC(=O)COc1ccc([N+](=O)[O-])cc1CCCOC.CCOC(=O)COc1ccccc1CCCOC. The number of esters is 2. The summed E-state index contributed by atoms with van der Waals surface area (Å²) in [6, 6.07) is 12.0. The molecule has 0 aliphatic heterocycles. The second-order valence-corrected chi connectivity index (χ2v) is 8.04. The van der Waals surface area contributed by atoms with E-state index in [1.165, 1.54) is 18.2 Å². The Kier molecular flexibility index (Phi) is 17.3. The molecule has 0 fully saturated rings. The topological polar surface area (TPSA) is 133 Å². The minimum Gasteiger partial charge on any atom is -0.482 e. The summed E-state index contributed by atoms with van der Waals surface area (Å²) in [7, 11) is 3.27. The number of carbonyl (C=O) groups excluding carboxylic acids is 2. The van der Waals surface area contributed by atoms with Crippen molar-refractivity contribution in [2.24, 2.45) is 0 Å². The zero-order chi connectivity index (χ0) is 28.9. The van der Waals surface area contributed by atoms with Crippen molar-refractivity contribution >= 4 is 17.6 Å². The highest BCUT2D eigenvalue weighted by Crippen LogP contribution is 2.25. The number of aryl methyl sites for hydroxylation is 2. The number of hydrogen-bond donors (Lipinski definition) is 0. The van der Waals surface area contributed by atoms with Gasteiger partial charge in [0.2, 0.25) is 0 Å². The zero-order valence-corrected chi connectivity index (χ0v) is 23.1. The normalized spacial score (nSPS) is 10.2. The van der Waals surface area contributed by atoms with Crippen LogP contribution in [0.15, 0.2) is 42.5 Å². The molecule has 0 saturated carbocycles. The van der Waals surface area contributed by atoms with E-state index < -0.39 is 10.9 Å². The number of hydrogen-bond acceptors (Lipinski definition) is 10. The van der Waals surface area contributed by atoms with E-state index in [1.54, 1.807) is 28.1 Å². The van der Waals surface area contributed by atoms with Gasteiger partial charge in [0.15, 0.2) is 13.2 Å². The van der Waals surface area contributed by atoms with E-state index in [0.717, 1.165) is 24.2 Å². The summed E-state index contributed by atoms with van der Waals surface area (Å²) in [6.07, 6.45) is 3.06. The van der Waals surface area contributed by atoms with E-state index >= 15 is 0 Å². The van der Waals surface area contributed by atoms with E-state index in [-0.39, 0.29) is 31.5 Å². The summed E-state index contributed by atoms with van der Waals surface area (Å²) in [5.74, 6) is 0.370. The van der Waals surface area contributed by atoms with Gasteiger partial charge in [-0.3, -0.25) is 10.1 Å². The Hall–Kier alpha value is -3.70. The first kappa shape index (κ1) is 33.3. The van der Waals surface area contributed by atoms with Crippen LogP contribution in [-0.2, 0) is 41.4 Å². The molecule has 11 nitrogen and oxygen atoms in total. The summed E-state index contributed by atoms with van der Waals surface area (Å²) < 4.78 is 30.4. The molecule has 0 aromatic heterocycles. The highest BCUT2D eigenvalue weighted by Gasteiger charge is 2.13. The van der Waals surface area contributed by atoms with Gasteiger partial charge in [-0.2, -0.15) is 0 Å². The first-order valence-electron chi connectivity index (χ1n) is 12.8. The van der Waals surface area contributed by atoms with Crippen LogP contribution < -0.4 is 9.47 Å². The number of benzene rings is 2. The molecule has 2 aromatic carbocycles. The zero-order valence-electron chi connectivity index (χ0n) is 23.1. The van der Waals surface area contributed by atoms with Crippen LogP contribution in [0, 0.1) is 10.1 Å². The molecule has 0 N–H and O–H groups in total. The molecule has 0 spiro atoms. The van der Waals surface area contributed by atoms with Crippen LogP contribution in [0.5, 0.6) is 11.5 Å². The number of carbonyl (C=O) groups is 2. The van der Waals surface area contributed by atoms with Crippen LogP contribution in [0.25, 0.3) is 0 Å². The first-order chi connectivity index (χ1) is 18.9. The highest BCUT2D eigenvalue weighted by molar-refractivity contribution is 5.71. The van der Waals surface area contributed by atoms with Crippen molar-refractivity contribution in [3.63, 3.8) is 0 Å². The standard InChI is InChI=1S/C14H19NO6.C14H20O4/c1-3-20-14(16)10-21-13-7-6-12(15(17)18)9-11(13)5-4-8-19-2;1-3-17-14(15)11-18-13-9-5-4-7-12(13)8-6-10-16-2/h6-7,9H,3-5,8,10H2,1-2H3;4-5,7,9H,3,6,8,10-11H2,1-2H3. The summed E-state index contributed by atoms with van der Waals surface area (Å²) in [5.41, 5.74) is 1.75. The Morgan fingerprint density at radius 3 is 1.79 bits per heavy atom. The van der Waals surface area contributed by atoms with Crippen molar-refractivity contribution in [2.45, 2.75) is 39.5 Å². The average Bonchev–Trinajstić information content (AvgIpc) is 2.92. The van der Waals surface area contributed by atoms with Gasteiger partial charge in [0.1, 0.15) is 11.5 Å². The van der Waals surface area contributed by atoms with Gasteiger partial charge in [-0.25, -0.2) is 9.59 Å². The molecule has 0 unspecified atom stereocenters. The van der Waals surface area contributed by atoms with Crippen molar-refractivity contribution in [3.8, 4) is 11.5 Å². The van der Waals surface area contributed by atoms with Crippen LogP contribution in [0.1, 0.15) is 37.8 Å². The molecule has 0 amide bonds. The third kappa shape index (κ3) is 14.1. The molecule has 2 rings (SSSR count). The number of non-ortho nitro benzene ring substituents is 1. The Morgan fingerprint density at radius 1 is 0.769 bits per heavy atom. The number of para-hydroxylation sites is 1. The predicted octanol–water partition coefficient (Wildman–Crippen LogP) is 4.32. The van der Waals surface area contributed by atoms with Gasteiger partial charge in [-0.1, -0.05) is 18.2 Å². The molecule has 39 heavy (non-hydrogen) atoms. The van der Waals surface area contributed by atoms with Gasteiger partial charge in [0.25, 0.3) is 5.69 Å². The van der Waals surface area contributed by atoms with Crippen LogP contribution >= 0.6 is 0 Å². The number of rotatable bonds is 17. The van der Waals surface area contributed by atoms with Gasteiger partial charge in [0, 0.05) is 45.1 Å². The molecule has 0 saturated heterocycles. The number of nitro benzene ring substituents is 1. The lowest BCUT2D eigenvalue weighted by molar-refractivity contribution is -0.384. The molecule has 0 aliphatic carbocycles. The maximum atomic E-state index is 11.3.